The standard InChI is InChI=1S/C29H33FO5/c1-17-13-22-20-15-24(30)23-14-19(31)9-11-27(23,2)21(20)10-12-28(22,3)29(17,34)25(32)16-35-26(33)18-7-5-4-6-8-18/h4-11,14,17,20,22,24-25,32,34H,12-13,15-16H2,1-3H3/t17-,20-,22-,24+,25+,27-,28-,29+/m1/s1. The number of rotatable bonds is 4. The van der Waals surface area contributed by atoms with Gasteiger partial charge in [0.25, 0.3) is 0 Å². The Balaban J connectivity index is 1.43. The second kappa shape index (κ2) is 8.24. The second-order valence-corrected chi connectivity index (χ2v) is 11.2. The average molecular weight is 481 g/mol. The highest BCUT2D eigenvalue weighted by Gasteiger charge is 2.67. The van der Waals surface area contributed by atoms with Crippen molar-refractivity contribution in [1.29, 1.82) is 0 Å². The number of hydrogen-bond acceptors (Lipinski definition) is 5. The lowest BCUT2D eigenvalue weighted by Crippen LogP contribution is -2.60. The van der Waals surface area contributed by atoms with E-state index in [1.807, 2.05) is 26.8 Å². The second-order valence-electron chi connectivity index (χ2n) is 11.2. The normalized spacial score (nSPS) is 40.7. The van der Waals surface area contributed by atoms with Gasteiger partial charge < -0.3 is 14.9 Å². The molecule has 2 N–H and O–H groups in total. The Kier molecular flexibility index (Phi) is 5.68. The molecule has 8 atom stereocenters. The minimum Gasteiger partial charge on any atom is -0.459 e. The highest BCUT2D eigenvalue weighted by Crippen LogP contribution is 2.67. The summed E-state index contributed by atoms with van der Waals surface area (Å²) in [6.07, 6.45) is 5.75. The fourth-order valence-electron chi connectivity index (χ4n) is 7.56. The molecule has 4 aliphatic rings. The van der Waals surface area contributed by atoms with Gasteiger partial charge in [0.15, 0.2) is 5.78 Å². The first kappa shape index (κ1) is 24.1. The van der Waals surface area contributed by atoms with E-state index in [2.05, 4.69) is 6.08 Å². The van der Waals surface area contributed by atoms with E-state index in [-0.39, 0.29) is 36.6 Å². The van der Waals surface area contributed by atoms with Crippen molar-refractivity contribution in [3.63, 3.8) is 0 Å². The molecule has 5 nitrogen and oxygen atoms in total. The van der Waals surface area contributed by atoms with Crippen LogP contribution in [-0.2, 0) is 9.53 Å². The van der Waals surface area contributed by atoms with Crippen LogP contribution in [0.3, 0.4) is 0 Å². The van der Waals surface area contributed by atoms with Crippen molar-refractivity contribution in [3.8, 4) is 0 Å². The number of aliphatic hydroxyl groups is 2. The predicted octanol–water partition coefficient (Wildman–Crippen LogP) is 4.36. The monoisotopic (exact) mass is 480 g/mol. The lowest BCUT2D eigenvalue weighted by molar-refractivity contribution is -0.181. The zero-order valence-electron chi connectivity index (χ0n) is 20.4. The van der Waals surface area contributed by atoms with Crippen LogP contribution in [0.25, 0.3) is 0 Å². The van der Waals surface area contributed by atoms with Crippen LogP contribution in [0.15, 0.2) is 65.8 Å². The molecule has 0 spiro atoms. The summed E-state index contributed by atoms with van der Waals surface area (Å²) in [5.74, 6) is -1.17. The third-order valence-corrected chi connectivity index (χ3v) is 9.49. The largest absolute Gasteiger partial charge is 0.459 e. The number of carbonyl (C=O) groups is 2. The van der Waals surface area contributed by atoms with Crippen molar-refractivity contribution in [2.75, 3.05) is 6.61 Å². The van der Waals surface area contributed by atoms with Gasteiger partial charge in [-0.25, -0.2) is 9.18 Å². The lowest BCUT2D eigenvalue weighted by Gasteiger charge is -2.55. The molecule has 0 amide bonds. The summed E-state index contributed by atoms with van der Waals surface area (Å²) >= 11 is 0. The minimum absolute atomic E-state index is 0.0513. The Labute approximate surface area is 205 Å². The van der Waals surface area contributed by atoms with Crippen LogP contribution < -0.4 is 0 Å². The van der Waals surface area contributed by atoms with Crippen molar-refractivity contribution in [3.05, 3.63) is 71.3 Å². The Morgan fingerprint density at radius 3 is 2.63 bits per heavy atom. The summed E-state index contributed by atoms with van der Waals surface area (Å²) in [5.41, 5.74) is -0.864. The molecule has 2 fully saturated rings. The number of hydrogen-bond donors (Lipinski definition) is 2. The molecular weight excluding hydrogens is 447 g/mol. The Morgan fingerprint density at radius 1 is 1.20 bits per heavy atom. The number of ether oxygens (including phenoxy) is 1. The molecule has 186 valence electrons. The van der Waals surface area contributed by atoms with Gasteiger partial charge in [-0.15, -0.1) is 0 Å². The number of alkyl halides is 1. The van der Waals surface area contributed by atoms with E-state index in [9.17, 15) is 19.8 Å². The molecule has 0 radical (unpaired) electrons. The molecule has 0 unspecified atom stereocenters. The van der Waals surface area contributed by atoms with Crippen molar-refractivity contribution in [2.24, 2.45) is 28.6 Å². The van der Waals surface area contributed by atoms with E-state index in [1.165, 1.54) is 12.2 Å². The summed E-state index contributed by atoms with van der Waals surface area (Å²) in [4.78, 5) is 24.4. The molecule has 0 bridgehead atoms. The Hall–Kier alpha value is -2.57. The molecule has 0 aromatic heterocycles. The van der Waals surface area contributed by atoms with Gasteiger partial charge in [-0.2, -0.15) is 0 Å². The van der Waals surface area contributed by atoms with Crippen LogP contribution in [0.2, 0.25) is 0 Å². The first-order valence-electron chi connectivity index (χ1n) is 12.4. The van der Waals surface area contributed by atoms with Crippen LogP contribution in [0.4, 0.5) is 4.39 Å². The molecule has 5 rings (SSSR count). The van der Waals surface area contributed by atoms with E-state index < -0.39 is 34.7 Å². The molecule has 6 heteroatoms. The van der Waals surface area contributed by atoms with Gasteiger partial charge in [0.1, 0.15) is 24.5 Å². The smallest absolute Gasteiger partial charge is 0.338 e. The van der Waals surface area contributed by atoms with Crippen molar-refractivity contribution >= 4 is 11.8 Å². The molecule has 0 heterocycles. The highest BCUT2D eigenvalue weighted by molar-refractivity contribution is 6.01. The maximum atomic E-state index is 15.5. The molecule has 2 saturated carbocycles. The molecule has 1 aromatic rings. The van der Waals surface area contributed by atoms with Crippen molar-refractivity contribution < 1.29 is 28.9 Å². The van der Waals surface area contributed by atoms with Gasteiger partial charge in [0.05, 0.1) is 5.56 Å². The number of ketones is 1. The van der Waals surface area contributed by atoms with Crippen LogP contribution in [-0.4, -0.2) is 46.4 Å². The van der Waals surface area contributed by atoms with E-state index in [1.54, 1.807) is 30.3 Å². The van der Waals surface area contributed by atoms with Crippen LogP contribution in [0.5, 0.6) is 0 Å². The molecule has 1 aromatic carbocycles. The summed E-state index contributed by atoms with van der Waals surface area (Å²) < 4.78 is 20.8. The van der Waals surface area contributed by atoms with Gasteiger partial charge in [0, 0.05) is 10.8 Å². The van der Waals surface area contributed by atoms with E-state index in [0.29, 0.717) is 24.0 Å². The number of fused-ring (bicyclic) bond motifs is 5. The summed E-state index contributed by atoms with van der Waals surface area (Å²) in [6.45, 7) is 5.53. The Bertz CT molecular complexity index is 1140. The third-order valence-electron chi connectivity index (χ3n) is 9.49. The number of carbonyl (C=O) groups excluding carboxylic acids is 2. The number of halogens is 1. The van der Waals surface area contributed by atoms with Gasteiger partial charge >= 0.3 is 5.97 Å². The summed E-state index contributed by atoms with van der Waals surface area (Å²) in [5, 5.41) is 23.2. The van der Waals surface area contributed by atoms with E-state index in [0.717, 1.165) is 5.57 Å². The quantitative estimate of drug-likeness (QED) is 0.494. The molecule has 35 heavy (non-hydrogen) atoms. The first-order chi connectivity index (χ1) is 16.5. The Morgan fingerprint density at radius 2 is 1.91 bits per heavy atom. The van der Waals surface area contributed by atoms with Gasteiger partial charge in [-0.1, -0.05) is 49.8 Å². The molecule has 4 aliphatic carbocycles. The number of allylic oxidation sites excluding steroid dienone is 6. The zero-order valence-corrected chi connectivity index (χ0v) is 20.4. The van der Waals surface area contributed by atoms with Crippen LogP contribution in [0, 0.1) is 28.6 Å². The fraction of sp³-hybridized carbons (Fsp3) is 0.517. The fourth-order valence-corrected chi connectivity index (χ4v) is 7.56. The van der Waals surface area contributed by atoms with E-state index >= 15 is 4.39 Å². The highest BCUT2D eigenvalue weighted by atomic mass is 19.1. The number of esters is 1. The lowest BCUT2D eigenvalue weighted by atomic mass is 9.51. The maximum absolute atomic E-state index is 15.5. The van der Waals surface area contributed by atoms with Crippen molar-refractivity contribution in [2.45, 2.75) is 57.9 Å². The third kappa shape index (κ3) is 3.40. The van der Waals surface area contributed by atoms with Gasteiger partial charge in [-0.3, -0.25) is 4.79 Å². The zero-order chi connectivity index (χ0) is 25.2. The van der Waals surface area contributed by atoms with Crippen LogP contribution >= 0.6 is 0 Å². The summed E-state index contributed by atoms with van der Waals surface area (Å²) in [7, 11) is 0. The first-order valence-corrected chi connectivity index (χ1v) is 12.4. The number of benzene rings is 1. The molecular formula is C29H33FO5. The minimum atomic E-state index is -1.50. The molecule has 0 saturated heterocycles. The maximum Gasteiger partial charge on any atom is 0.338 e. The van der Waals surface area contributed by atoms with Crippen molar-refractivity contribution in [1.82, 2.24) is 0 Å². The van der Waals surface area contributed by atoms with Gasteiger partial charge in [-0.05, 0) is 73.8 Å². The SMILES string of the molecule is C[C@@H]1C[C@@H]2[C@@H]3C[C@H](F)C4=CC(=O)C=C[C@]4(C)C3=CC[C@@]2(C)[C@@]1(O)[C@@H](O)COC(=O)c1ccccc1. The van der Waals surface area contributed by atoms with E-state index in [4.69, 9.17) is 4.74 Å². The van der Waals surface area contributed by atoms with Gasteiger partial charge in [0.2, 0.25) is 0 Å². The predicted molar refractivity (Wildman–Crippen MR) is 129 cm³/mol. The average Bonchev–Trinajstić information content (AvgIpc) is 3.06. The number of aliphatic hydroxyl groups excluding tert-OH is 1. The summed E-state index contributed by atoms with van der Waals surface area (Å²) in [6, 6.07) is 8.54. The van der Waals surface area contributed by atoms with Crippen LogP contribution in [0.1, 0.15) is 50.4 Å². The topological polar surface area (TPSA) is 83.8 Å². The molecule has 0 aliphatic heterocycles.